The molecule has 1 rings (SSSR count). The van der Waals surface area contributed by atoms with Gasteiger partial charge in [-0.3, -0.25) is 0 Å². The van der Waals surface area contributed by atoms with Gasteiger partial charge in [0.1, 0.15) is 12.2 Å². The van der Waals surface area contributed by atoms with Crippen molar-refractivity contribution in [2.24, 2.45) is 0 Å². The maximum atomic E-state index is 12.0. The molecule has 0 spiro atoms. The topological polar surface area (TPSA) is 76.9 Å². The number of hydrogen-bond acceptors (Lipinski definition) is 5. The van der Waals surface area contributed by atoms with Gasteiger partial charge < -0.3 is 5.32 Å². The predicted octanol–water partition coefficient (Wildman–Crippen LogP) is 0.601. The summed E-state index contributed by atoms with van der Waals surface area (Å²) in [6, 6.07) is 0. The molecular formula is C11H22N4O2S. The van der Waals surface area contributed by atoms with Crippen LogP contribution in [0.1, 0.15) is 33.5 Å². The molecule has 0 unspecified atom stereocenters. The standard InChI is InChI=1S/C11H22N4O2S/c1-5-12-8-10-13-9-14-15(10)6-7-18(16,17)11(2,3)4/h9,12H,5-8H2,1-4H3. The Balaban J connectivity index is 2.67. The third kappa shape index (κ3) is 3.78. The Bertz CT molecular complexity index is 473. The van der Waals surface area contributed by atoms with E-state index >= 15 is 0 Å². The molecule has 0 fully saturated rings. The zero-order valence-electron chi connectivity index (χ0n) is 11.5. The molecule has 0 radical (unpaired) electrons. The molecule has 1 N–H and O–H groups in total. The van der Waals surface area contributed by atoms with Crippen LogP contribution < -0.4 is 5.32 Å². The van der Waals surface area contributed by atoms with Gasteiger partial charge in [-0.1, -0.05) is 6.92 Å². The molecule has 104 valence electrons. The lowest BCUT2D eigenvalue weighted by Gasteiger charge is -2.19. The van der Waals surface area contributed by atoms with Gasteiger partial charge in [0, 0.05) is 0 Å². The monoisotopic (exact) mass is 274 g/mol. The second-order valence-electron chi connectivity index (χ2n) is 5.11. The highest BCUT2D eigenvalue weighted by Crippen LogP contribution is 2.16. The Morgan fingerprint density at radius 1 is 1.39 bits per heavy atom. The van der Waals surface area contributed by atoms with Gasteiger partial charge in [-0.25, -0.2) is 18.1 Å². The molecule has 7 heteroatoms. The highest BCUT2D eigenvalue weighted by atomic mass is 32.2. The van der Waals surface area contributed by atoms with Gasteiger partial charge in [0.15, 0.2) is 9.84 Å². The van der Waals surface area contributed by atoms with Crippen LogP contribution in [-0.4, -0.2) is 40.2 Å². The molecule has 0 aliphatic heterocycles. The summed E-state index contributed by atoms with van der Waals surface area (Å²) in [6.45, 7) is 8.93. The number of aryl methyl sites for hydroxylation is 1. The maximum Gasteiger partial charge on any atom is 0.157 e. The van der Waals surface area contributed by atoms with Crippen LogP contribution >= 0.6 is 0 Å². The molecule has 1 aromatic heterocycles. The normalized spacial score (nSPS) is 12.9. The third-order valence-electron chi connectivity index (χ3n) is 2.73. The smallest absolute Gasteiger partial charge is 0.157 e. The molecule has 6 nitrogen and oxygen atoms in total. The van der Waals surface area contributed by atoms with E-state index in [1.165, 1.54) is 6.33 Å². The van der Waals surface area contributed by atoms with Crippen molar-refractivity contribution in [3.05, 3.63) is 12.2 Å². The van der Waals surface area contributed by atoms with Gasteiger partial charge in [0.25, 0.3) is 0 Å². The lowest BCUT2D eigenvalue weighted by Crippen LogP contribution is -2.32. The lowest BCUT2D eigenvalue weighted by molar-refractivity contribution is 0.538. The van der Waals surface area contributed by atoms with Crippen molar-refractivity contribution >= 4 is 9.84 Å². The zero-order valence-corrected chi connectivity index (χ0v) is 12.3. The minimum absolute atomic E-state index is 0.0823. The van der Waals surface area contributed by atoms with E-state index < -0.39 is 14.6 Å². The van der Waals surface area contributed by atoms with Gasteiger partial charge in [0.2, 0.25) is 0 Å². The van der Waals surface area contributed by atoms with E-state index in [-0.39, 0.29) is 5.75 Å². The molecule has 0 atom stereocenters. The van der Waals surface area contributed by atoms with E-state index in [0.29, 0.717) is 13.1 Å². The van der Waals surface area contributed by atoms with Crippen LogP contribution in [-0.2, 0) is 22.9 Å². The van der Waals surface area contributed by atoms with Gasteiger partial charge in [-0.15, -0.1) is 0 Å². The molecule has 0 aromatic carbocycles. The average molecular weight is 274 g/mol. The van der Waals surface area contributed by atoms with Crippen LogP contribution in [0.4, 0.5) is 0 Å². The van der Waals surface area contributed by atoms with E-state index in [1.807, 2.05) is 6.92 Å². The molecule has 0 aliphatic rings. The van der Waals surface area contributed by atoms with Gasteiger partial charge in [-0.2, -0.15) is 5.10 Å². The Morgan fingerprint density at radius 3 is 2.61 bits per heavy atom. The van der Waals surface area contributed by atoms with Crippen molar-refractivity contribution in [1.82, 2.24) is 20.1 Å². The largest absolute Gasteiger partial charge is 0.310 e. The number of nitrogens with one attached hydrogen (secondary N) is 1. The van der Waals surface area contributed by atoms with Crippen molar-refractivity contribution in [3.8, 4) is 0 Å². The van der Waals surface area contributed by atoms with Crippen LogP contribution in [0.5, 0.6) is 0 Å². The molecule has 0 bridgehead atoms. The van der Waals surface area contributed by atoms with Crippen molar-refractivity contribution < 1.29 is 8.42 Å². The summed E-state index contributed by atoms with van der Waals surface area (Å²) >= 11 is 0. The molecule has 0 aliphatic carbocycles. The molecule has 0 saturated carbocycles. The summed E-state index contributed by atoms with van der Waals surface area (Å²) in [5.74, 6) is 0.847. The Labute approximate surface area is 109 Å². The molecule has 1 heterocycles. The second-order valence-corrected chi connectivity index (χ2v) is 7.97. The van der Waals surface area contributed by atoms with Crippen LogP contribution in [0, 0.1) is 0 Å². The minimum atomic E-state index is -3.12. The minimum Gasteiger partial charge on any atom is -0.310 e. The fourth-order valence-corrected chi connectivity index (χ4v) is 2.39. The SMILES string of the molecule is CCNCc1ncnn1CCS(=O)(=O)C(C)(C)C. The van der Waals surface area contributed by atoms with E-state index in [2.05, 4.69) is 15.4 Å². The Kier molecular flexibility index (Phi) is 4.86. The summed E-state index contributed by atoms with van der Waals surface area (Å²) in [4.78, 5) is 4.11. The Hall–Kier alpha value is -0.950. The van der Waals surface area contributed by atoms with Crippen molar-refractivity contribution in [2.75, 3.05) is 12.3 Å². The number of aromatic nitrogens is 3. The van der Waals surface area contributed by atoms with Gasteiger partial charge in [-0.05, 0) is 27.3 Å². The summed E-state index contributed by atoms with van der Waals surface area (Å²) in [6.07, 6.45) is 1.45. The third-order valence-corrected chi connectivity index (χ3v) is 5.32. The fourth-order valence-electron chi connectivity index (χ4n) is 1.36. The van der Waals surface area contributed by atoms with E-state index in [4.69, 9.17) is 0 Å². The molecule has 18 heavy (non-hydrogen) atoms. The number of nitrogens with zero attached hydrogens (tertiary/aromatic N) is 3. The average Bonchev–Trinajstić information content (AvgIpc) is 2.69. The highest BCUT2D eigenvalue weighted by Gasteiger charge is 2.28. The van der Waals surface area contributed by atoms with Crippen molar-refractivity contribution in [2.45, 2.75) is 45.5 Å². The first-order valence-corrected chi connectivity index (χ1v) is 7.73. The lowest BCUT2D eigenvalue weighted by atomic mass is 10.3. The molecule has 0 saturated heterocycles. The van der Waals surface area contributed by atoms with E-state index in [9.17, 15) is 8.42 Å². The summed E-state index contributed by atoms with van der Waals surface area (Å²) < 4.78 is 24.9. The summed E-state index contributed by atoms with van der Waals surface area (Å²) in [5.41, 5.74) is 0. The summed E-state index contributed by atoms with van der Waals surface area (Å²) in [7, 11) is -3.12. The van der Waals surface area contributed by atoms with Crippen LogP contribution in [0.25, 0.3) is 0 Å². The molecular weight excluding hydrogens is 252 g/mol. The zero-order chi connectivity index (χ0) is 13.8. The molecule has 1 aromatic rings. The Morgan fingerprint density at radius 2 is 2.06 bits per heavy atom. The van der Waals surface area contributed by atoms with E-state index in [1.54, 1.807) is 25.5 Å². The highest BCUT2D eigenvalue weighted by molar-refractivity contribution is 7.92. The van der Waals surface area contributed by atoms with Gasteiger partial charge >= 0.3 is 0 Å². The first-order valence-electron chi connectivity index (χ1n) is 6.07. The van der Waals surface area contributed by atoms with Crippen LogP contribution in [0.2, 0.25) is 0 Å². The number of sulfone groups is 1. The first-order chi connectivity index (χ1) is 8.28. The number of hydrogen-bond donors (Lipinski definition) is 1. The quantitative estimate of drug-likeness (QED) is 0.822. The van der Waals surface area contributed by atoms with Crippen molar-refractivity contribution in [3.63, 3.8) is 0 Å². The maximum absolute atomic E-state index is 12.0. The summed E-state index contributed by atoms with van der Waals surface area (Å²) in [5, 5.41) is 7.20. The van der Waals surface area contributed by atoms with Crippen LogP contribution in [0.3, 0.4) is 0 Å². The molecule has 0 amide bonds. The van der Waals surface area contributed by atoms with Crippen LogP contribution in [0.15, 0.2) is 6.33 Å². The first kappa shape index (κ1) is 15.1. The van der Waals surface area contributed by atoms with Crippen molar-refractivity contribution in [1.29, 1.82) is 0 Å². The fraction of sp³-hybridized carbons (Fsp3) is 0.818. The van der Waals surface area contributed by atoms with Gasteiger partial charge in [0.05, 0.1) is 23.6 Å². The number of rotatable bonds is 6. The van der Waals surface area contributed by atoms with E-state index in [0.717, 1.165) is 12.4 Å². The second kappa shape index (κ2) is 5.79. The predicted molar refractivity (Wildman–Crippen MR) is 70.9 cm³/mol.